The van der Waals surface area contributed by atoms with Crippen LogP contribution in [0.5, 0.6) is 0 Å². The molecule has 90 valence electrons. The third-order valence-electron chi connectivity index (χ3n) is 2.40. The fourth-order valence-corrected chi connectivity index (χ4v) is 2.34. The maximum atomic E-state index is 12.1. The average Bonchev–Trinajstić information content (AvgIpc) is 2.96. The van der Waals surface area contributed by atoms with Crippen LogP contribution in [0.3, 0.4) is 0 Å². The lowest BCUT2D eigenvalue weighted by Crippen LogP contribution is -2.11. The summed E-state index contributed by atoms with van der Waals surface area (Å²) in [6.45, 7) is 3.24. The minimum atomic E-state index is -0.128. The van der Waals surface area contributed by atoms with Gasteiger partial charge in [-0.3, -0.25) is 4.79 Å². The van der Waals surface area contributed by atoms with E-state index in [1.54, 1.807) is 17.8 Å². The van der Waals surface area contributed by atoms with Gasteiger partial charge in [-0.05, 0) is 13.5 Å². The van der Waals surface area contributed by atoms with E-state index in [1.807, 2.05) is 11.5 Å². The van der Waals surface area contributed by atoms with Gasteiger partial charge in [0.2, 0.25) is 5.78 Å². The summed E-state index contributed by atoms with van der Waals surface area (Å²) in [6, 6.07) is 0. The highest BCUT2D eigenvalue weighted by atomic mass is 32.1. The van der Waals surface area contributed by atoms with Crippen molar-refractivity contribution in [2.24, 2.45) is 5.73 Å². The van der Waals surface area contributed by atoms with Gasteiger partial charge >= 0.3 is 0 Å². The summed E-state index contributed by atoms with van der Waals surface area (Å²) in [5.74, 6) is 0.313. The number of thiazole rings is 1. The molecule has 0 saturated heterocycles. The van der Waals surface area contributed by atoms with E-state index in [9.17, 15) is 4.79 Å². The molecular weight excluding hydrogens is 236 g/mol. The molecule has 2 heterocycles. The van der Waals surface area contributed by atoms with Crippen molar-refractivity contribution in [3.63, 3.8) is 0 Å². The second kappa shape index (κ2) is 5.20. The van der Waals surface area contributed by atoms with Crippen LogP contribution >= 0.6 is 11.3 Å². The van der Waals surface area contributed by atoms with E-state index in [4.69, 9.17) is 5.73 Å². The van der Waals surface area contributed by atoms with Crippen molar-refractivity contribution in [1.82, 2.24) is 14.5 Å². The Kier molecular flexibility index (Phi) is 3.65. The van der Waals surface area contributed by atoms with Gasteiger partial charge in [0, 0.05) is 30.7 Å². The normalized spacial score (nSPS) is 10.7. The van der Waals surface area contributed by atoms with Gasteiger partial charge in [-0.15, -0.1) is 11.3 Å². The lowest BCUT2D eigenvalue weighted by molar-refractivity contribution is 0.102. The molecule has 0 unspecified atom stereocenters. The zero-order valence-electron chi connectivity index (χ0n) is 9.59. The number of aryl methyl sites for hydroxylation is 1. The lowest BCUT2D eigenvalue weighted by atomic mass is 10.3. The summed E-state index contributed by atoms with van der Waals surface area (Å²) >= 11 is 1.46. The Morgan fingerprint density at radius 2 is 2.41 bits per heavy atom. The third-order valence-corrected chi connectivity index (χ3v) is 3.31. The van der Waals surface area contributed by atoms with Gasteiger partial charge in [-0.2, -0.15) is 0 Å². The van der Waals surface area contributed by atoms with Gasteiger partial charge in [0.25, 0.3) is 0 Å². The first-order valence-corrected chi connectivity index (χ1v) is 6.34. The van der Waals surface area contributed by atoms with Crippen LogP contribution in [0.2, 0.25) is 0 Å². The number of nitrogens with two attached hydrogens (primary N) is 1. The quantitative estimate of drug-likeness (QED) is 0.806. The van der Waals surface area contributed by atoms with Crippen LogP contribution in [0.4, 0.5) is 0 Å². The Morgan fingerprint density at radius 1 is 1.59 bits per heavy atom. The Morgan fingerprint density at radius 3 is 3.12 bits per heavy atom. The summed E-state index contributed by atoms with van der Waals surface area (Å²) in [7, 11) is 0. The molecule has 6 heteroatoms. The largest absolute Gasteiger partial charge is 0.330 e. The summed E-state index contributed by atoms with van der Waals surface area (Å²) in [5.41, 5.74) is 5.91. The molecule has 2 aromatic heterocycles. The molecule has 0 atom stereocenters. The summed E-state index contributed by atoms with van der Waals surface area (Å²) < 4.78 is 1.81. The summed E-state index contributed by atoms with van der Waals surface area (Å²) in [6.07, 6.45) is 4.13. The van der Waals surface area contributed by atoms with Crippen LogP contribution in [0.25, 0.3) is 0 Å². The molecule has 0 radical (unpaired) electrons. The van der Waals surface area contributed by atoms with Crippen LogP contribution in [-0.2, 0) is 13.0 Å². The maximum Gasteiger partial charge on any atom is 0.247 e. The molecule has 0 bridgehead atoms. The van der Waals surface area contributed by atoms with Crippen LogP contribution in [0.1, 0.15) is 28.2 Å². The fraction of sp³-hybridized carbons (Fsp3) is 0.364. The minimum absolute atomic E-state index is 0.128. The zero-order chi connectivity index (χ0) is 12.3. The Bertz CT molecular complexity index is 517. The Hall–Kier alpha value is -1.53. The Balaban J connectivity index is 2.24. The highest BCUT2D eigenvalue weighted by molar-refractivity contribution is 7.09. The smallest absolute Gasteiger partial charge is 0.247 e. The monoisotopic (exact) mass is 250 g/mol. The van der Waals surface area contributed by atoms with Gasteiger partial charge in [-0.25, -0.2) is 9.97 Å². The lowest BCUT2D eigenvalue weighted by Gasteiger charge is -2.01. The molecule has 0 saturated carbocycles. The number of hydrogen-bond donors (Lipinski definition) is 1. The first kappa shape index (κ1) is 11.9. The fourth-order valence-electron chi connectivity index (χ4n) is 1.54. The van der Waals surface area contributed by atoms with E-state index in [1.165, 1.54) is 11.3 Å². The molecule has 0 aromatic carbocycles. The van der Waals surface area contributed by atoms with Crippen LogP contribution in [0, 0.1) is 0 Å². The highest BCUT2D eigenvalue weighted by Crippen LogP contribution is 2.13. The molecule has 0 aliphatic heterocycles. The van der Waals surface area contributed by atoms with Crippen LogP contribution in [-0.4, -0.2) is 26.9 Å². The van der Waals surface area contributed by atoms with E-state index in [-0.39, 0.29) is 5.78 Å². The number of imidazole rings is 1. The number of ketones is 1. The van der Waals surface area contributed by atoms with E-state index in [0.717, 1.165) is 11.6 Å². The van der Waals surface area contributed by atoms with Crippen molar-refractivity contribution in [2.75, 3.05) is 6.54 Å². The first-order valence-electron chi connectivity index (χ1n) is 5.46. The molecule has 17 heavy (non-hydrogen) atoms. The SMILES string of the molecule is CCn1ccnc1C(=O)c1csc(CCN)n1. The van der Waals surface area contributed by atoms with Gasteiger partial charge in [0.1, 0.15) is 5.69 Å². The second-order valence-corrected chi connectivity index (χ2v) is 4.47. The molecule has 0 aliphatic carbocycles. The summed E-state index contributed by atoms with van der Waals surface area (Å²) in [5, 5.41) is 2.66. The molecule has 2 rings (SSSR count). The van der Waals surface area contributed by atoms with E-state index < -0.39 is 0 Å². The summed E-state index contributed by atoms with van der Waals surface area (Å²) in [4.78, 5) is 20.5. The van der Waals surface area contributed by atoms with Gasteiger partial charge in [0.05, 0.1) is 5.01 Å². The predicted molar refractivity (Wildman–Crippen MR) is 66.2 cm³/mol. The van der Waals surface area contributed by atoms with Gasteiger partial charge < -0.3 is 10.3 Å². The highest BCUT2D eigenvalue weighted by Gasteiger charge is 2.17. The van der Waals surface area contributed by atoms with Crippen LogP contribution < -0.4 is 5.73 Å². The van der Waals surface area contributed by atoms with E-state index in [2.05, 4.69) is 9.97 Å². The molecular formula is C11H14N4OS. The van der Waals surface area contributed by atoms with Crippen molar-refractivity contribution in [3.05, 3.63) is 34.3 Å². The third kappa shape index (κ3) is 2.42. The number of carbonyl (C=O) groups is 1. The number of hydrogen-bond acceptors (Lipinski definition) is 5. The molecule has 2 N–H and O–H groups in total. The molecule has 0 fully saturated rings. The number of carbonyl (C=O) groups excluding carboxylic acids is 1. The zero-order valence-corrected chi connectivity index (χ0v) is 10.4. The molecule has 5 nitrogen and oxygen atoms in total. The van der Waals surface area contributed by atoms with Crippen molar-refractivity contribution in [2.45, 2.75) is 19.9 Å². The molecule has 0 spiro atoms. The predicted octanol–water partition coefficient (Wildman–Crippen LogP) is 1.09. The standard InChI is InChI=1S/C11H14N4OS/c1-2-15-6-5-13-11(15)10(16)8-7-17-9(14-8)3-4-12/h5-7H,2-4,12H2,1H3. The minimum Gasteiger partial charge on any atom is -0.330 e. The van der Waals surface area contributed by atoms with E-state index >= 15 is 0 Å². The first-order chi connectivity index (χ1) is 8.26. The van der Waals surface area contributed by atoms with Crippen molar-refractivity contribution in [1.29, 1.82) is 0 Å². The molecule has 2 aromatic rings. The number of rotatable bonds is 5. The van der Waals surface area contributed by atoms with Crippen molar-refractivity contribution >= 4 is 17.1 Å². The topological polar surface area (TPSA) is 73.8 Å². The second-order valence-electron chi connectivity index (χ2n) is 3.53. The average molecular weight is 250 g/mol. The van der Waals surface area contributed by atoms with Crippen molar-refractivity contribution < 1.29 is 4.79 Å². The van der Waals surface area contributed by atoms with Gasteiger partial charge in [-0.1, -0.05) is 0 Å². The van der Waals surface area contributed by atoms with E-state index in [0.29, 0.717) is 24.5 Å². The van der Waals surface area contributed by atoms with Crippen LogP contribution in [0.15, 0.2) is 17.8 Å². The molecule has 0 amide bonds. The molecule has 0 aliphatic rings. The van der Waals surface area contributed by atoms with Crippen molar-refractivity contribution in [3.8, 4) is 0 Å². The van der Waals surface area contributed by atoms with Gasteiger partial charge in [0.15, 0.2) is 5.82 Å². The number of aromatic nitrogens is 3. The Labute approximate surface area is 103 Å². The number of nitrogens with zero attached hydrogens (tertiary/aromatic N) is 3. The maximum absolute atomic E-state index is 12.1.